The van der Waals surface area contributed by atoms with Crippen molar-refractivity contribution in [3.8, 4) is 5.75 Å². The predicted octanol–water partition coefficient (Wildman–Crippen LogP) is 4.40. The first kappa shape index (κ1) is 22.8. The Morgan fingerprint density at radius 2 is 1.93 bits per heavy atom. The maximum absolute atomic E-state index is 12.9. The third-order valence-electron chi connectivity index (χ3n) is 4.23. The molecule has 0 saturated carbocycles. The average molecular weight is 437 g/mol. The molecule has 0 fully saturated rings. The van der Waals surface area contributed by atoms with E-state index >= 15 is 0 Å². The van der Waals surface area contributed by atoms with Gasteiger partial charge in [0.2, 0.25) is 15.9 Å². The molecule has 0 heterocycles. The molecule has 156 valence electrons. The number of sulfonamides is 1. The molecule has 0 radical (unpaired) electrons. The van der Waals surface area contributed by atoms with E-state index in [1.165, 1.54) is 0 Å². The van der Waals surface area contributed by atoms with Gasteiger partial charge in [0.05, 0.1) is 11.9 Å². The topological polar surface area (TPSA) is 75.7 Å². The summed E-state index contributed by atoms with van der Waals surface area (Å²) >= 11 is 6.18. The third kappa shape index (κ3) is 5.98. The van der Waals surface area contributed by atoms with Gasteiger partial charge in [-0.1, -0.05) is 37.2 Å². The summed E-state index contributed by atoms with van der Waals surface area (Å²) in [5.41, 5.74) is 1.70. The highest BCUT2D eigenvalue weighted by Crippen LogP contribution is 2.28. The molecular weight excluding hydrogens is 412 g/mol. The van der Waals surface area contributed by atoms with E-state index in [-0.39, 0.29) is 6.42 Å². The van der Waals surface area contributed by atoms with Crippen LogP contribution >= 0.6 is 11.6 Å². The summed E-state index contributed by atoms with van der Waals surface area (Å²) in [6.45, 7) is 7.55. The van der Waals surface area contributed by atoms with E-state index in [9.17, 15) is 13.2 Å². The number of anilines is 2. The van der Waals surface area contributed by atoms with Crippen LogP contribution in [0.4, 0.5) is 11.4 Å². The number of benzene rings is 2. The fourth-order valence-corrected chi connectivity index (χ4v) is 4.17. The Labute approximate surface area is 177 Å². The predicted molar refractivity (Wildman–Crippen MR) is 118 cm³/mol. The lowest BCUT2D eigenvalue weighted by Gasteiger charge is -2.30. The maximum atomic E-state index is 12.9. The Hall–Kier alpha value is -2.51. The lowest BCUT2D eigenvalue weighted by atomic mass is 10.1. The van der Waals surface area contributed by atoms with Gasteiger partial charge in [0.1, 0.15) is 18.4 Å². The third-order valence-corrected chi connectivity index (χ3v) is 5.82. The fourth-order valence-electron chi connectivity index (χ4n) is 2.79. The largest absolute Gasteiger partial charge is 0.490 e. The van der Waals surface area contributed by atoms with Crippen LogP contribution in [0.5, 0.6) is 5.75 Å². The zero-order chi connectivity index (χ0) is 21.6. The number of aryl methyl sites for hydroxylation is 1. The molecule has 0 saturated heterocycles. The lowest BCUT2D eigenvalue weighted by molar-refractivity contribution is -0.117. The normalized spacial score (nSPS) is 12.1. The van der Waals surface area contributed by atoms with Crippen molar-refractivity contribution in [2.75, 3.05) is 22.5 Å². The number of hydrogen-bond acceptors (Lipinski definition) is 4. The van der Waals surface area contributed by atoms with Gasteiger partial charge in [-0.25, -0.2) is 8.42 Å². The van der Waals surface area contributed by atoms with Crippen molar-refractivity contribution < 1.29 is 17.9 Å². The van der Waals surface area contributed by atoms with Crippen LogP contribution in [0.2, 0.25) is 5.02 Å². The van der Waals surface area contributed by atoms with Crippen molar-refractivity contribution in [2.45, 2.75) is 26.3 Å². The number of hydrogen-bond donors (Lipinski definition) is 1. The van der Waals surface area contributed by atoms with E-state index in [1.54, 1.807) is 55.5 Å². The second-order valence-corrected chi connectivity index (χ2v) is 8.80. The van der Waals surface area contributed by atoms with Gasteiger partial charge >= 0.3 is 0 Å². The number of carbonyl (C=O) groups is 1. The first-order valence-corrected chi connectivity index (χ1v) is 11.3. The summed E-state index contributed by atoms with van der Waals surface area (Å²) in [4.78, 5) is 12.9. The monoisotopic (exact) mass is 436 g/mol. The van der Waals surface area contributed by atoms with Gasteiger partial charge in [0.25, 0.3) is 0 Å². The van der Waals surface area contributed by atoms with Crippen LogP contribution in [0.15, 0.2) is 55.1 Å². The Bertz CT molecular complexity index is 975. The van der Waals surface area contributed by atoms with Crippen molar-refractivity contribution in [3.05, 3.63) is 65.7 Å². The summed E-state index contributed by atoms with van der Waals surface area (Å²) in [6.07, 6.45) is 2.99. The number of amides is 1. The minimum Gasteiger partial charge on any atom is -0.490 e. The smallest absolute Gasteiger partial charge is 0.248 e. The molecule has 6 nitrogen and oxygen atoms in total. The quantitative estimate of drug-likeness (QED) is 0.591. The molecule has 0 unspecified atom stereocenters. The summed E-state index contributed by atoms with van der Waals surface area (Å²) in [7, 11) is -3.73. The zero-order valence-electron chi connectivity index (χ0n) is 16.7. The summed E-state index contributed by atoms with van der Waals surface area (Å²) in [5, 5.41) is 3.20. The fraction of sp³-hybridized carbons (Fsp3) is 0.286. The van der Waals surface area contributed by atoms with Crippen molar-refractivity contribution in [1.29, 1.82) is 0 Å². The Morgan fingerprint density at radius 3 is 2.45 bits per heavy atom. The van der Waals surface area contributed by atoms with E-state index in [2.05, 4.69) is 11.9 Å². The number of nitrogens with one attached hydrogen (secondary N) is 1. The molecule has 1 atom stereocenters. The lowest BCUT2D eigenvalue weighted by Crippen LogP contribution is -2.47. The number of nitrogens with zero attached hydrogens (tertiary/aromatic N) is 1. The molecule has 2 rings (SSSR count). The molecule has 0 bridgehead atoms. The van der Waals surface area contributed by atoms with E-state index in [0.29, 0.717) is 28.8 Å². The van der Waals surface area contributed by atoms with Crippen LogP contribution < -0.4 is 14.4 Å². The van der Waals surface area contributed by atoms with Crippen molar-refractivity contribution in [3.63, 3.8) is 0 Å². The second kappa shape index (κ2) is 9.80. The highest BCUT2D eigenvalue weighted by Gasteiger charge is 2.31. The van der Waals surface area contributed by atoms with E-state index in [4.69, 9.17) is 16.3 Å². The van der Waals surface area contributed by atoms with Crippen LogP contribution in [0, 0.1) is 6.92 Å². The molecule has 1 N–H and O–H groups in total. The first-order chi connectivity index (χ1) is 13.7. The van der Waals surface area contributed by atoms with Crippen LogP contribution in [0.25, 0.3) is 0 Å². The summed E-state index contributed by atoms with van der Waals surface area (Å²) < 4.78 is 31.5. The van der Waals surface area contributed by atoms with Gasteiger partial charge in [-0.3, -0.25) is 9.10 Å². The van der Waals surface area contributed by atoms with Crippen molar-refractivity contribution in [1.82, 2.24) is 0 Å². The second-order valence-electron chi connectivity index (χ2n) is 6.53. The Morgan fingerprint density at radius 1 is 1.28 bits per heavy atom. The van der Waals surface area contributed by atoms with Gasteiger partial charge in [-0.2, -0.15) is 0 Å². The molecule has 8 heteroatoms. The Kier molecular flexibility index (Phi) is 7.70. The number of rotatable bonds is 9. The summed E-state index contributed by atoms with van der Waals surface area (Å²) in [6, 6.07) is 10.8. The zero-order valence-corrected chi connectivity index (χ0v) is 18.3. The van der Waals surface area contributed by atoms with Crippen LogP contribution in [-0.4, -0.2) is 33.2 Å². The number of carbonyl (C=O) groups excluding carboxylic acids is 1. The van der Waals surface area contributed by atoms with Crippen LogP contribution in [-0.2, 0) is 14.8 Å². The molecule has 0 spiro atoms. The minimum atomic E-state index is -3.73. The van der Waals surface area contributed by atoms with Crippen LogP contribution in [0.3, 0.4) is 0 Å². The van der Waals surface area contributed by atoms with E-state index in [1.807, 2.05) is 6.92 Å². The van der Waals surface area contributed by atoms with Gasteiger partial charge in [0, 0.05) is 10.7 Å². The SMILES string of the molecule is C=CCOc1ccc(NC(=O)[C@@H](CC)N(c2ccc(C)c(Cl)c2)S(C)(=O)=O)cc1. The first-order valence-electron chi connectivity index (χ1n) is 9.07. The minimum absolute atomic E-state index is 0.283. The van der Waals surface area contributed by atoms with Crippen molar-refractivity contribution in [2.24, 2.45) is 0 Å². The maximum Gasteiger partial charge on any atom is 0.248 e. The number of ether oxygens (including phenoxy) is 1. The molecule has 1 amide bonds. The highest BCUT2D eigenvalue weighted by atomic mass is 35.5. The summed E-state index contributed by atoms with van der Waals surface area (Å²) in [5.74, 6) is 0.205. The highest BCUT2D eigenvalue weighted by molar-refractivity contribution is 7.92. The standard InChI is InChI=1S/C21H25ClN2O4S/c1-5-13-28-18-11-8-16(9-12-18)23-21(25)20(6-2)24(29(4,26)27)17-10-7-15(3)19(22)14-17/h5,7-12,14,20H,1,6,13H2,2-4H3,(H,23,25)/t20-/m1/s1. The molecule has 0 aliphatic rings. The van der Waals surface area contributed by atoms with E-state index < -0.39 is 22.0 Å². The molecule has 0 aliphatic heterocycles. The molecule has 2 aromatic rings. The van der Waals surface area contributed by atoms with Crippen LogP contribution in [0.1, 0.15) is 18.9 Å². The number of halogens is 1. The average Bonchev–Trinajstić information content (AvgIpc) is 2.66. The molecule has 2 aromatic carbocycles. The molecule has 29 heavy (non-hydrogen) atoms. The molecule has 0 aliphatic carbocycles. The molecular formula is C21H25ClN2O4S. The molecule has 0 aromatic heterocycles. The van der Waals surface area contributed by atoms with Gasteiger partial charge in [0.15, 0.2) is 0 Å². The van der Waals surface area contributed by atoms with Gasteiger partial charge < -0.3 is 10.1 Å². The van der Waals surface area contributed by atoms with Gasteiger partial charge in [-0.15, -0.1) is 0 Å². The van der Waals surface area contributed by atoms with Crippen molar-refractivity contribution >= 4 is 38.9 Å². The Balaban J connectivity index is 2.28. The van der Waals surface area contributed by atoms with Gasteiger partial charge in [-0.05, 0) is 55.3 Å². The van der Waals surface area contributed by atoms with E-state index in [0.717, 1.165) is 16.1 Å².